The molecule has 1 aromatic carbocycles. The van der Waals surface area contributed by atoms with Gasteiger partial charge in [-0.25, -0.2) is 8.78 Å². The molecule has 0 spiro atoms. The van der Waals surface area contributed by atoms with Gasteiger partial charge in [-0.2, -0.15) is 0 Å². The third-order valence-electron chi connectivity index (χ3n) is 2.64. The number of aliphatic hydroxyl groups is 1. The summed E-state index contributed by atoms with van der Waals surface area (Å²) in [7, 11) is 0. The van der Waals surface area contributed by atoms with Crippen molar-refractivity contribution >= 4 is 0 Å². The molecule has 18 heavy (non-hydrogen) atoms. The monoisotopic (exact) mass is 257 g/mol. The van der Waals surface area contributed by atoms with Crippen molar-refractivity contribution in [2.75, 3.05) is 13.1 Å². The zero-order valence-electron chi connectivity index (χ0n) is 11.1. The Morgan fingerprint density at radius 2 is 2.00 bits per heavy atom. The van der Waals surface area contributed by atoms with Gasteiger partial charge in [0.25, 0.3) is 0 Å². The molecule has 2 N–H and O–H groups in total. The highest BCUT2D eigenvalue weighted by Crippen LogP contribution is 2.17. The van der Waals surface area contributed by atoms with Crippen LogP contribution in [0.15, 0.2) is 18.2 Å². The van der Waals surface area contributed by atoms with Crippen LogP contribution in [0.4, 0.5) is 8.78 Å². The van der Waals surface area contributed by atoms with Crippen LogP contribution in [0, 0.1) is 17.6 Å². The Morgan fingerprint density at radius 1 is 1.33 bits per heavy atom. The van der Waals surface area contributed by atoms with Crippen LogP contribution >= 0.6 is 0 Å². The van der Waals surface area contributed by atoms with Gasteiger partial charge in [0.1, 0.15) is 11.6 Å². The number of halogens is 2. The first-order valence-electron chi connectivity index (χ1n) is 6.17. The summed E-state index contributed by atoms with van der Waals surface area (Å²) in [6.45, 7) is 6.87. The van der Waals surface area contributed by atoms with Gasteiger partial charge in [-0.1, -0.05) is 13.8 Å². The number of nitrogens with one attached hydrogen (secondary N) is 1. The highest BCUT2D eigenvalue weighted by atomic mass is 19.1. The minimum Gasteiger partial charge on any atom is -0.389 e. The summed E-state index contributed by atoms with van der Waals surface area (Å²) in [6.07, 6.45) is 0.0850. The predicted molar refractivity (Wildman–Crippen MR) is 68.4 cm³/mol. The highest BCUT2D eigenvalue weighted by molar-refractivity contribution is 5.20. The maximum absolute atomic E-state index is 13.5. The van der Waals surface area contributed by atoms with Crippen molar-refractivity contribution in [1.82, 2.24) is 5.32 Å². The second kappa shape index (κ2) is 6.25. The standard InChI is InChI=1S/C14H21F2NO/c1-10(2)8-17-9-14(3,18)7-11-6-12(15)4-5-13(11)16/h4-6,10,17-18H,7-9H2,1-3H3. The van der Waals surface area contributed by atoms with Gasteiger partial charge in [0.15, 0.2) is 0 Å². The van der Waals surface area contributed by atoms with Crippen LogP contribution in [0.2, 0.25) is 0 Å². The first-order chi connectivity index (χ1) is 8.30. The maximum atomic E-state index is 13.5. The molecule has 102 valence electrons. The fourth-order valence-electron chi connectivity index (χ4n) is 1.78. The largest absolute Gasteiger partial charge is 0.389 e. The fraction of sp³-hybridized carbons (Fsp3) is 0.571. The highest BCUT2D eigenvalue weighted by Gasteiger charge is 2.22. The van der Waals surface area contributed by atoms with Crippen molar-refractivity contribution in [2.45, 2.75) is 32.8 Å². The molecule has 0 bridgehead atoms. The van der Waals surface area contributed by atoms with E-state index in [1.54, 1.807) is 6.92 Å². The molecule has 1 atom stereocenters. The topological polar surface area (TPSA) is 32.3 Å². The molecule has 4 heteroatoms. The first-order valence-corrected chi connectivity index (χ1v) is 6.17. The number of benzene rings is 1. The zero-order chi connectivity index (χ0) is 13.8. The average molecular weight is 257 g/mol. The Bertz CT molecular complexity index is 391. The number of hydrogen-bond acceptors (Lipinski definition) is 2. The molecule has 0 fully saturated rings. The lowest BCUT2D eigenvalue weighted by Crippen LogP contribution is -2.41. The van der Waals surface area contributed by atoms with E-state index >= 15 is 0 Å². The van der Waals surface area contributed by atoms with Gasteiger partial charge in [0.05, 0.1) is 5.60 Å². The van der Waals surface area contributed by atoms with Crippen molar-refractivity contribution in [3.05, 3.63) is 35.4 Å². The van der Waals surface area contributed by atoms with Gasteiger partial charge < -0.3 is 10.4 Å². The summed E-state index contributed by atoms with van der Waals surface area (Å²) in [5, 5.41) is 13.3. The van der Waals surface area contributed by atoms with Crippen molar-refractivity contribution < 1.29 is 13.9 Å². The lowest BCUT2D eigenvalue weighted by Gasteiger charge is -2.24. The summed E-state index contributed by atoms with van der Waals surface area (Å²) in [5.41, 5.74) is -0.893. The third-order valence-corrected chi connectivity index (χ3v) is 2.64. The van der Waals surface area contributed by atoms with Gasteiger partial charge >= 0.3 is 0 Å². The van der Waals surface area contributed by atoms with Gasteiger partial charge in [0.2, 0.25) is 0 Å². The fourth-order valence-corrected chi connectivity index (χ4v) is 1.78. The van der Waals surface area contributed by atoms with Gasteiger partial charge in [-0.05, 0) is 43.1 Å². The normalized spacial score (nSPS) is 14.8. The zero-order valence-corrected chi connectivity index (χ0v) is 11.1. The number of hydrogen-bond donors (Lipinski definition) is 2. The molecule has 0 radical (unpaired) electrons. The summed E-state index contributed by atoms with van der Waals surface area (Å²) in [4.78, 5) is 0. The van der Waals surface area contributed by atoms with E-state index in [1.165, 1.54) is 0 Å². The van der Waals surface area contributed by atoms with Crippen LogP contribution in [0.25, 0.3) is 0 Å². The van der Waals surface area contributed by atoms with Gasteiger partial charge in [-0.3, -0.25) is 0 Å². The average Bonchev–Trinajstić information content (AvgIpc) is 2.22. The van der Waals surface area contributed by atoms with E-state index in [0.717, 1.165) is 24.7 Å². The smallest absolute Gasteiger partial charge is 0.126 e. The third kappa shape index (κ3) is 5.10. The minimum absolute atomic E-state index is 0.0850. The van der Waals surface area contributed by atoms with Gasteiger partial charge in [-0.15, -0.1) is 0 Å². The summed E-state index contributed by atoms with van der Waals surface area (Å²) >= 11 is 0. The molecule has 0 aliphatic heterocycles. The van der Waals surface area contributed by atoms with Crippen molar-refractivity contribution in [3.8, 4) is 0 Å². The second-order valence-electron chi connectivity index (χ2n) is 5.43. The van der Waals surface area contributed by atoms with Crippen LogP contribution in [-0.2, 0) is 6.42 Å². The maximum Gasteiger partial charge on any atom is 0.126 e. The van der Waals surface area contributed by atoms with E-state index in [0.29, 0.717) is 12.5 Å². The van der Waals surface area contributed by atoms with Crippen molar-refractivity contribution in [2.24, 2.45) is 5.92 Å². The molecule has 0 aliphatic carbocycles. The molecule has 0 saturated heterocycles. The molecular formula is C14H21F2NO. The SMILES string of the molecule is CC(C)CNCC(C)(O)Cc1cc(F)ccc1F. The molecular weight excluding hydrogens is 236 g/mol. The molecule has 0 heterocycles. The van der Waals surface area contributed by atoms with E-state index in [1.807, 2.05) is 0 Å². The van der Waals surface area contributed by atoms with Crippen LogP contribution in [0.5, 0.6) is 0 Å². The lowest BCUT2D eigenvalue weighted by atomic mass is 9.96. The quantitative estimate of drug-likeness (QED) is 0.820. The Labute approximate surface area is 107 Å². The van der Waals surface area contributed by atoms with E-state index in [2.05, 4.69) is 19.2 Å². The molecule has 2 nitrogen and oxygen atoms in total. The molecule has 0 aliphatic rings. The molecule has 1 rings (SSSR count). The Balaban J connectivity index is 2.61. The second-order valence-corrected chi connectivity index (χ2v) is 5.43. The van der Waals surface area contributed by atoms with Gasteiger partial charge in [0, 0.05) is 13.0 Å². The van der Waals surface area contributed by atoms with E-state index < -0.39 is 17.2 Å². The first kappa shape index (κ1) is 15.1. The van der Waals surface area contributed by atoms with E-state index in [4.69, 9.17) is 0 Å². The van der Waals surface area contributed by atoms with Crippen LogP contribution in [0.1, 0.15) is 26.3 Å². The summed E-state index contributed by atoms with van der Waals surface area (Å²) < 4.78 is 26.5. The molecule has 1 aromatic rings. The van der Waals surface area contributed by atoms with E-state index in [-0.39, 0.29) is 12.0 Å². The van der Waals surface area contributed by atoms with Crippen molar-refractivity contribution in [3.63, 3.8) is 0 Å². The van der Waals surface area contributed by atoms with Crippen LogP contribution in [0.3, 0.4) is 0 Å². The molecule has 1 unspecified atom stereocenters. The van der Waals surface area contributed by atoms with Crippen molar-refractivity contribution in [1.29, 1.82) is 0 Å². The Kier molecular flexibility index (Phi) is 5.23. The van der Waals surface area contributed by atoms with Crippen LogP contribution < -0.4 is 5.32 Å². The summed E-state index contributed by atoms with van der Waals surface area (Å²) in [5.74, 6) is -0.496. The molecule has 0 saturated carbocycles. The molecule has 0 aromatic heterocycles. The minimum atomic E-state index is -1.09. The van der Waals surface area contributed by atoms with Crippen LogP contribution in [-0.4, -0.2) is 23.8 Å². The van der Waals surface area contributed by atoms with E-state index in [9.17, 15) is 13.9 Å². The molecule has 0 amide bonds. The summed E-state index contributed by atoms with van der Waals surface area (Å²) in [6, 6.07) is 3.29. The lowest BCUT2D eigenvalue weighted by molar-refractivity contribution is 0.0586. The predicted octanol–water partition coefficient (Wildman–Crippen LogP) is 2.50. The Morgan fingerprint density at radius 3 is 2.61 bits per heavy atom. The Hall–Kier alpha value is -1.00. The number of rotatable bonds is 6.